The molecule has 0 bridgehead atoms. The second kappa shape index (κ2) is 9.99. The quantitative estimate of drug-likeness (QED) is 0.468. The molecule has 0 saturated heterocycles. The van der Waals surface area contributed by atoms with Crippen molar-refractivity contribution in [3.63, 3.8) is 0 Å². The van der Waals surface area contributed by atoms with Crippen molar-refractivity contribution in [1.82, 2.24) is 5.32 Å². The fourth-order valence-electron chi connectivity index (χ4n) is 1.39. The normalized spacial score (nSPS) is 10.4. The van der Waals surface area contributed by atoms with Crippen LogP contribution in [-0.4, -0.2) is 37.3 Å². The summed E-state index contributed by atoms with van der Waals surface area (Å²) in [7, 11) is 0. The number of hydrogen-bond donors (Lipinski definition) is 1. The smallest absolute Gasteiger partial charge is 0.412 e. The predicted octanol–water partition coefficient (Wildman–Crippen LogP) is 1.83. The van der Waals surface area contributed by atoms with Crippen LogP contribution in [0.1, 0.15) is 13.8 Å². The zero-order chi connectivity index (χ0) is 17.1. The van der Waals surface area contributed by atoms with Crippen LogP contribution >= 0.6 is 0 Å². The summed E-state index contributed by atoms with van der Waals surface area (Å²) >= 11 is 0. The van der Waals surface area contributed by atoms with Gasteiger partial charge in [0.15, 0.2) is 0 Å². The van der Waals surface area contributed by atoms with E-state index in [9.17, 15) is 14.4 Å². The molecule has 1 rings (SSSR count). The summed E-state index contributed by atoms with van der Waals surface area (Å²) in [5.74, 6) is -0.918. The Labute approximate surface area is 134 Å². The molecule has 0 saturated carbocycles. The van der Waals surface area contributed by atoms with Crippen LogP contribution in [0.2, 0.25) is 0 Å². The number of carbonyl (C=O) groups excluding carboxylic acids is 3. The summed E-state index contributed by atoms with van der Waals surface area (Å²) < 4.78 is 14.6. The first kappa shape index (κ1) is 18.2. The predicted molar refractivity (Wildman–Crippen MR) is 81.8 cm³/mol. The van der Waals surface area contributed by atoms with Gasteiger partial charge in [-0.1, -0.05) is 18.2 Å². The minimum atomic E-state index is -0.705. The monoisotopic (exact) mass is 321 g/mol. The Morgan fingerprint density at radius 1 is 1.09 bits per heavy atom. The zero-order valence-electron chi connectivity index (χ0n) is 13.0. The first-order valence-corrected chi connectivity index (χ1v) is 7.03. The van der Waals surface area contributed by atoms with Gasteiger partial charge in [-0.2, -0.15) is 0 Å². The molecular formula is C16H19NO6. The van der Waals surface area contributed by atoms with Crippen molar-refractivity contribution in [1.29, 1.82) is 0 Å². The van der Waals surface area contributed by atoms with Crippen LogP contribution < -0.4 is 10.1 Å². The number of rotatable bonds is 7. The zero-order valence-corrected chi connectivity index (χ0v) is 13.0. The second-order valence-electron chi connectivity index (χ2n) is 4.62. The van der Waals surface area contributed by atoms with Crippen molar-refractivity contribution >= 4 is 18.0 Å². The molecule has 1 N–H and O–H groups in total. The van der Waals surface area contributed by atoms with E-state index in [-0.39, 0.29) is 19.3 Å². The van der Waals surface area contributed by atoms with E-state index in [1.807, 2.05) is 0 Å². The van der Waals surface area contributed by atoms with Crippen molar-refractivity contribution in [2.24, 2.45) is 0 Å². The van der Waals surface area contributed by atoms with E-state index < -0.39 is 18.0 Å². The highest BCUT2D eigenvalue weighted by atomic mass is 16.6. The molecule has 1 aromatic rings. The van der Waals surface area contributed by atoms with Crippen molar-refractivity contribution in [3.05, 3.63) is 42.5 Å². The molecule has 0 spiro atoms. The lowest BCUT2D eigenvalue weighted by atomic mass is 10.3. The van der Waals surface area contributed by atoms with Gasteiger partial charge in [-0.15, -0.1) is 0 Å². The number of carbonyl (C=O) groups is 3. The van der Waals surface area contributed by atoms with Crippen LogP contribution in [0.15, 0.2) is 42.5 Å². The lowest BCUT2D eigenvalue weighted by Gasteiger charge is -2.06. The Hall–Kier alpha value is -2.83. The molecular weight excluding hydrogens is 302 g/mol. The summed E-state index contributed by atoms with van der Waals surface area (Å²) in [5.41, 5.74) is 0. The van der Waals surface area contributed by atoms with E-state index in [1.165, 1.54) is 0 Å². The first-order valence-electron chi connectivity index (χ1n) is 7.03. The SMILES string of the molecule is CC(C)OC(=O)/C=C/C(=O)OCCNC(=O)Oc1ccccc1. The summed E-state index contributed by atoms with van der Waals surface area (Å²) in [4.78, 5) is 33.9. The van der Waals surface area contributed by atoms with Crippen LogP contribution in [-0.2, 0) is 19.1 Å². The molecule has 0 aliphatic rings. The fourth-order valence-corrected chi connectivity index (χ4v) is 1.39. The Morgan fingerprint density at radius 2 is 1.74 bits per heavy atom. The third-order valence-electron chi connectivity index (χ3n) is 2.28. The number of amides is 1. The molecule has 0 fully saturated rings. The number of ether oxygens (including phenoxy) is 3. The maximum atomic E-state index is 11.4. The van der Waals surface area contributed by atoms with Crippen molar-refractivity contribution in [3.8, 4) is 5.75 Å². The molecule has 0 atom stereocenters. The number of nitrogens with one attached hydrogen (secondary N) is 1. The van der Waals surface area contributed by atoms with Gasteiger partial charge >= 0.3 is 18.0 Å². The van der Waals surface area contributed by atoms with Crippen LogP contribution in [0.5, 0.6) is 5.75 Å². The van der Waals surface area contributed by atoms with Gasteiger partial charge in [0.2, 0.25) is 0 Å². The standard InChI is InChI=1S/C16H19NO6/c1-12(2)22-15(19)9-8-14(18)21-11-10-17-16(20)23-13-6-4-3-5-7-13/h3-9,12H,10-11H2,1-2H3,(H,17,20)/b9-8+. The van der Waals surface area contributed by atoms with Crippen LogP contribution in [0.4, 0.5) is 4.79 Å². The molecule has 0 radical (unpaired) electrons. The van der Waals surface area contributed by atoms with Gasteiger partial charge < -0.3 is 19.5 Å². The molecule has 0 heterocycles. The Kier molecular flexibility index (Phi) is 7.91. The summed E-state index contributed by atoms with van der Waals surface area (Å²) in [6, 6.07) is 8.55. The molecule has 0 unspecified atom stereocenters. The third-order valence-corrected chi connectivity index (χ3v) is 2.28. The van der Waals surface area contributed by atoms with Crippen LogP contribution in [0, 0.1) is 0 Å². The van der Waals surface area contributed by atoms with E-state index in [2.05, 4.69) is 5.32 Å². The summed E-state index contributed by atoms with van der Waals surface area (Å²) in [6.07, 6.45) is 1.04. The minimum Gasteiger partial charge on any atom is -0.461 e. The van der Waals surface area contributed by atoms with Gasteiger partial charge in [-0.3, -0.25) is 0 Å². The van der Waals surface area contributed by atoms with E-state index >= 15 is 0 Å². The molecule has 1 amide bonds. The lowest BCUT2D eigenvalue weighted by Crippen LogP contribution is -2.30. The second-order valence-corrected chi connectivity index (χ2v) is 4.62. The summed E-state index contributed by atoms with van der Waals surface area (Å²) in [6.45, 7) is 3.43. The van der Waals surface area contributed by atoms with Gasteiger partial charge in [0.1, 0.15) is 12.4 Å². The molecule has 7 nitrogen and oxygen atoms in total. The maximum absolute atomic E-state index is 11.4. The van der Waals surface area contributed by atoms with Crippen LogP contribution in [0.3, 0.4) is 0 Å². The molecule has 0 aliphatic carbocycles. The van der Waals surface area contributed by atoms with Crippen LogP contribution in [0.25, 0.3) is 0 Å². The number of benzene rings is 1. The molecule has 0 aliphatic heterocycles. The first-order chi connectivity index (χ1) is 11.0. The Morgan fingerprint density at radius 3 is 2.39 bits per heavy atom. The average Bonchev–Trinajstić information content (AvgIpc) is 2.50. The topological polar surface area (TPSA) is 90.9 Å². The Bertz CT molecular complexity index is 553. The highest BCUT2D eigenvalue weighted by Gasteiger charge is 2.05. The van der Waals surface area contributed by atoms with Gasteiger partial charge in [0.05, 0.1) is 12.6 Å². The number of para-hydroxylation sites is 1. The number of hydrogen-bond acceptors (Lipinski definition) is 6. The molecule has 7 heteroatoms. The largest absolute Gasteiger partial charge is 0.461 e. The minimum absolute atomic E-state index is 0.0493. The maximum Gasteiger partial charge on any atom is 0.412 e. The summed E-state index contributed by atoms with van der Waals surface area (Å²) in [5, 5.41) is 2.42. The van der Waals surface area contributed by atoms with Gasteiger partial charge in [0, 0.05) is 12.2 Å². The molecule has 0 aromatic heterocycles. The highest BCUT2D eigenvalue weighted by molar-refractivity contribution is 5.91. The fraction of sp³-hybridized carbons (Fsp3) is 0.312. The van der Waals surface area contributed by atoms with E-state index in [0.29, 0.717) is 5.75 Å². The average molecular weight is 321 g/mol. The van der Waals surface area contributed by atoms with Gasteiger partial charge in [-0.05, 0) is 26.0 Å². The molecule has 1 aromatic carbocycles. The van der Waals surface area contributed by atoms with E-state index in [1.54, 1.807) is 44.2 Å². The Balaban J connectivity index is 2.16. The lowest BCUT2D eigenvalue weighted by molar-refractivity contribution is -0.142. The van der Waals surface area contributed by atoms with Crippen molar-refractivity contribution < 1.29 is 28.6 Å². The number of esters is 2. The van der Waals surface area contributed by atoms with Gasteiger partial charge in [0.25, 0.3) is 0 Å². The van der Waals surface area contributed by atoms with Crippen molar-refractivity contribution in [2.45, 2.75) is 20.0 Å². The van der Waals surface area contributed by atoms with E-state index in [4.69, 9.17) is 14.2 Å². The highest BCUT2D eigenvalue weighted by Crippen LogP contribution is 2.07. The third kappa shape index (κ3) is 8.92. The molecule has 124 valence electrons. The van der Waals surface area contributed by atoms with Crippen molar-refractivity contribution in [2.75, 3.05) is 13.2 Å². The van der Waals surface area contributed by atoms with Gasteiger partial charge in [-0.25, -0.2) is 14.4 Å². The molecule has 23 heavy (non-hydrogen) atoms. The van der Waals surface area contributed by atoms with E-state index in [0.717, 1.165) is 12.2 Å².